The molecule has 1 saturated heterocycles. The Hall–Kier alpha value is -4.07. The number of nitrogens with zero attached hydrogens (tertiary/aromatic N) is 3. The molecule has 178 valence electrons. The van der Waals surface area contributed by atoms with E-state index < -0.39 is 11.7 Å². The zero-order valence-electron chi connectivity index (χ0n) is 18.7. The Labute approximate surface area is 200 Å². The zero-order chi connectivity index (χ0) is 24.6. The Morgan fingerprint density at radius 1 is 0.714 bits per heavy atom. The molecule has 8 heteroatoms. The summed E-state index contributed by atoms with van der Waals surface area (Å²) in [5.74, 6) is -0.280. The molecular weight excluding hydrogens is 455 g/mol. The van der Waals surface area contributed by atoms with Gasteiger partial charge in [-0.2, -0.15) is 13.2 Å². The van der Waals surface area contributed by atoms with E-state index in [9.17, 15) is 22.8 Å². The van der Waals surface area contributed by atoms with Crippen LogP contribution in [0, 0.1) is 0 Å². The maximum Gasteiger partial charge on any atom is 0.416 e. The summed E-state index contributed by atoms with van der Waals surface area (Å²) in [5.41, 5.74) is 1.25. The van der Waals surface area contributed by atoms with E-state index in [1.54, 1.807) is 63.0 Å². The van der Waals surface area contributed by atoms with Crippen molar-refractivity contribution in [2.75, 3.05) is 26.2 Å². The van der Waals surface area contributed by atoms with Crippen molar-refractivity contribution < 1.29 is 22.8 Å². The standard InChI is InChI=1S/C27H22F3N3O2/c28-27(29,30)20-9-6-10-21(17-20)33-18-23(22-11-4-5-12-24(22)33)26(35)32-15-13-31(14-16-32)25(34)19-7-2-1-3-8-19/h1-12,17-18H,13-16H2. The van der Waals surface area contributed by atoms with Gasteiger partial charge in [0.05, 0.1) is 16.6 Å². The first-order chi connectivity index (χ1) is 16.8. The number of rotatable bonds is 3. The molecule has 1 aromatic heterocycles. The fourth-order valence-corrected chi connectivity index (χ4v) is 4.44. The Bertz CT molecular complexity index is 1390. The minimum atomic E-state index is -4.46. The Morgan fingerprint density at radius 3 is 2.03 bits per heavy atom. The van der Waals surface area contributed by atoms with Crippen molar-refractivity contribution in [3.8, 4) is 5.69 Å². The van der Waals surface area contributed by atoms with Gasteiger partial charge in [-0.1, -0.05) is 42.5 Å². The quantitative estimate of drug-likeness (QED) is 0.405. The number of alkyl halides is 3. The second-order valence-corrected chi connectivity index (χ2v) is 8.43. The van der Waals surface area contributed by atoms with Gasteiger partial charge in [-0.15, -0.1) is 0 Å². The normalized spacial score (nSPS) is 14.4. The summed E-state index contributed by atoms with van der Waals surface area (Å²) in [6, 6.07) is 21.2. The van der Waals surface area contributed by atoms with E-state index in [2.05, 4.69) is 0 Å². The van der Waals surface area contributed by atoms with Crippen LogP contribution < -0.4 is 0 Å². The summed E-state index contributed by atoms with van der Waals surface area (Å²) in [6.45, 7) is 1.57. The van der Waals surface area contributed by atoms with Crippen molar-refractivity contribution in [1.82, 2.24) is 14.4 Å². The molecule has 0 aliphatic carbocycles. The predicted molar refractivity (Wildman–Crippen MR) is 127 cm³/mol. The molecule has 35 heavy (non-hydrogen) atoms. The number of piperazine rings is 1. The summed E-state index contributed by atoms with van der Waals surface area (Å²) in [7, 11) is 0. The highest BCUT2D eigenvalue weighted by Gasteiger charge is 2.31. The van der Waals surface area contributed by atoms with Crippen LogP contribution in [0.5, 0.6) is 0 Å². The highest BCUT2D eigenvalue weighted by atomic mass is 19.4. The van der Waals surface area contributed by atoms with E-state index in [4.69, 9.17) is 0 Å². The first kappa shape index (κ1) is 22.7. The van der Waals surface area contributed by atoms with E-state index in [-0.39, 0.29) is 11.8 Å². The van der Waals surface area contributed by atoms with Gasteiger partial charge in [0.2, 0.25) is 0 Å². The minimum Gasteiger partial charge on any atom is -0.335 e. The van der Waals surface area contributed by atoms with E-state index in [1.807, 2.05) is 18.2 Å². The third-order valence-electron chi connectivity index (χ3n) is 6.27. The maximum absolute atomic E-state index is 13.5. The molecule has 0 atom stereocenters. The van der Waals surface area contributed by atoms with Crippen LogP contribution in [0.3, 0.4) is 0 Å². The molecule has 0 spiro atoms. The molecule has 1 aliphatic rings. The van der Waals surface area contributed by atoms with Crippen molar-refractivity contribution in [2.45, 2.75) is 6.18 Å². The monoisotopic (exact) mass is 477 g/mol. The van der Waals surface area contributed by atoms with E-state index in [0.717, 1.165) is 12.1 Å². The van der Waals surface area contributed by atoms with Gasteiger partial charge in [0.25, 0.3) is 11.8 Å². The first-order valence-electron chi connectivity index (χ1n) is 11.2. The van der Waals surface area contributed by atoms with Crippen LogP contribution in [-0.2, 0) is 6.18 Å². The molecule has 2 amide bonds. The average Bonchev–Trinajstić information content (AvgIpc) is 3.28. The molecule has 5 rings (SSSR count). The highest BCUT2D eigenvalue weighted by molar-refractivity contribution is 6.07. The van der Waals surface area contributed by atoms with Gasteiger partial charge in [0.1, 0.15) is 0 Å². The van der Waals surface area contributed by atoms with Gasteiger partial charge in [-0.3, -0.25) is 9.59 Å². The number of para-hydroxylation sites is 1. The van der Waals surface area contributed by atoms with Gasteiger partial charge in [-0.05, 0) is 36.4 Å². The number of carbonyl (C=O) groups is 2. The van der Waals surface area contributed by atoms with E-state index >= 15 is 0 Å². The lowest BCUT2D eigenvalue weighted by Gasteiger charge is -2.34. The molecule has 0 radical (unpaired) electrons. The van der Waals surface area contributed by atoms with Gasteiger partial charge >= 0.3 is 6.18 Å². The lowest BCUT2D eigenvalue weighted by molar-refractivity contribution is -0.137. The van der Waals surface area contributed by atoms with Crippen LogP contribution in [0.4, 0.5) is 13.2 Å². The molecule has 1 fully saturated rings. The summed E-state index contributed by atoms with van der Waals surface area (Å²) >= 11 is 0. The third-order valence-corrected chi connectivity index (χ3v) is 6.27. The molecule has 0 bridgehead atoms. The topological polar surface area (TPSA) is 45.6 Å². The van der Waals surface area contributed by atoms with Crippen LogP contribution in [0.1, 0.15) is 26.3 Å². The SMILES string of the molecule is O=C(c1ccccc1)N1CCN(C(=O)c2cn(-c3cccc(C(F)(F)F)c3)c3ccccc23)CC1. The predicted octanol–water partition coefficient (Wildman–Crippen LogP) is 5.25. The molecule has 5 nitrogen and oxygen atoms in total. The fraction of sp³-hybridized carbons (Fsp3) is 0.185. The Kier molecular flexibility index (Phi) is 5.80. The smallest absolute Gasteiger partial charge is 0.335 e. The van der Waals surface area contributed by atoms with Crippen molar-refractivity contribution in [3.63, 3.8) is 0 Å². The number of amides is 2. The van der Waals surface area contributed by atoms with E-state index in [1.165, 1.54) is 6.07 Å². The number of aromatic nitrogens is 1. The lowest BCUT2D eigenvalue weighted by atomic mass is 10.1. The van der Waals surface area contributed by atoms with Crippen LogP contribution >= 0.6 is 0 Å². The van der Waals surface area contributed by atoms with Gasteiger partial charge < -0.3 is 14.4 Å². The van der Waals surface area contributed by atoms with Gasteiger partial charge in [0.15, 0.2) is 0 Å². The molecule has 2 heterocycles. The zero-order valence-corrected chi connectivity index (χ0v) is 18.7. The number of carbonyl (C=O) groups excluding carboxylic acids is 2. The fourth-order valence-electron chi connectivity index (χ4n) is 4.44. The summed E-state index contributed by atoms with van der Waals surface area (Å²) in [6.07, 6.45) is -2.86. The van der Waals surface area contributed by atoms with Crippen LogP contribution in [0.2, 0.25) is 0 Å². The van der Waals surface area contributed by atoms with Crippen molar-refractivity contribution in [3.05, 3.63) is 102 Å². The summed E-state index contributed by atoms with van der Waals surface area (Å²) in [5, 5.41) is 0.665. The number of hydrogen-bond donors (Lipinski definition) is 0. The molecule has 0 unspecified atom stereocenters. The molecular formula is C27H22F3N3O2. The number of halogens is 3. The summed E-state index contributed by atoms with van der Waals surface area (Å²) < 4.78 is 41.4. The minimum absolute atomic E-state index is 0.0705. The Balaban J connectivity index is 1.40. The molecule has 4 aromatic rings. The first-order valence-corrected chi connectivity index (χ1v) is 11.2. The molecule has 3 aromatic carbocycles. The highest BCUT2D eigenvalue weighted by Crippen LogP contribution is 2.32. The van der Waals surface area contributed by atoms with Crippen molar-refractivity contribution in [1.29, 1.82) is 0 Å². The van der Waals surface area contributed by atoms with Crippen LogP contribution in [0.15, 0.2) is 85.1 Å². The Morgan fingerprint density at radius 2 is 1.34 bits per heavy atom. The number of fused-ring (bicyclic) bond motifs is 1. The van der Waals surface area contributed by atoms with Crippen molar-refractivity contribution >= 4 is 22.7 Å². The summed E-state index contributed by atoms with van der Waals surface area (Å²) in [4.78, 5) is 29.6. The second-order valence-electron chi connectivity index (χ2n) is 8.43. The largest absolute Gasteiger partial charge is 0.416 e. The third kappa shape index (κ3) is 4.39. The van der Waals surface area contributed by atoms with E-state index in [0.29, 0.717) is 53.9 Å². The second kappa shape index (κ2) is 8.94. The molecule has 0 N–H and O–H groups in total. The van der Waals surface area contributed by atoms with Crippen molar-refractivity contribution in [2.24, 2.45) is 0 Å². The van der Waals surface area contributed by atoms with Gasteiger partial charge in [-0.25, -0.2) is 0 Å². The molecule has 1 aliphatic heterocycles. The number of benzene rings is 3. The van der Waals surface area contributed by atoms with Crippen LogP contribution in [0.25, 0.3) is 16.6 Å². The molecule has 0 saturated carbocycles. The average molecular weight is 477 g/mol. The number of hydrogen-bond acceptors (Lipinski definition) is 2. The van der Waals surface area contributed by atoms with Gasteiger partial charge in [0, 0.05) is 49.0 Å². The lowest BCUT2D eigenvalue weighted by Crippen LogP contribution is -2.50. The van der Waals surface area contributed by atoms with Crippen LogP contribution in [-0.4, -0.2) is 52.4 Å². The maximum atomic E-state index is 13.5.